The lowest BCUT2D eigenvalue weighted by molar-refractivity contribution is -0.133. The van der Waals surface area contributed by atoms with Crippen molar-refractivity contribution < 1.29 is 13.9 Å². The van der Waals surface area contributed by atoms with Gasteiger partial charge < -0.3 is 9.47 Å². The molecule has 0 N–H and O–H groups in total. The highest BCUT2D eigenvalue weighted by atomic mass is 35.5. The van der Waals surface area contributed by atoms with Crippen LogP contribution < -0.4 is 0 Å². The van der Waals surface area contributed by atoms with Gasteiger partial charge in [0.05, 0.1) is 36.3 Å². The van der Waals surface area contributed by atoms with Crippen LogP contribution in [-0.4, -0.2) is 43.4 Å². The number of hydrogen-bond donors (Lipinski definition) is 0. The molecule has 1 aromatic carbocycles. The Hall–Kier alpha value is -3.01. The second kappa shape index (κ2) is 8.83. The van der Waals surface area contributed by atoms with Crippen LogP contribution in [0.2, 0.25) is 5.02 Å². The van der Waals surface area contributed by atoms with Crippen molar-refractivity contribution in [1.82, 2.24) is 29.7 Å². The molecule has 6 rings (SSSR count). The maximum Gasteiger partial charge on any atom is 0.182 e. The molecule has 186 valence electrons. The van der Waals surface area contributed by atoms with Gasteiger partial charge in [-0.1, -0.05) is 11.6 Å². The Balaban J connectivity index is 1.48. The fourth-order valence-corrected chi connectivity index (χ4v) is 4.92. The number of fused-ring (bicyclic) bond motifs is 1. The van der Waals surface area contributed by atoms with E-state index >= 15 is 4.39 Å². The number of nitrogens with zero attached hydrogens (tertiary/aromatic N) is 6. The van der Waals surface area contributed by atoms with Crippen molar-refractivity contribution in [2.24, 2.45) is 0 Å². The molecule has 0 amide bonds. The predicted octanol–water partition coefficient (Wildman–Crippen LogP) is 5.42. The Morgan fingerprint density at radius 2 is 1.94 bits per heavy atom. The summed E-state index contributed by atoms with van der Waals surface area (Å²) in [5.41, 5.74) is 3.10. The van der Waals surface area contributed by atoms with Crippen molar-refractivity contribution >= 4 is 22.8 Å². The van der Waals surface area contributed by atoms with Gasteiger partial charge in [0.15, 0.2) is 11.5 Å². The van der Waals surface area contributed by atoms with Crippen LogP contribution in [0.4, 0.5) is 4.39 Å². The summed E-state index contributed by atoms with van der Waals surface area (Å²) in [4.78, 5) is 19.0. The molecule has 1 saturated carbocycles. The van der Waals surface area contributed by atoms with Crippen LogP contribution in [0.5, 0.6) is 0 Å². The van der Waals surface area contributed by atoms with Gasteiger partial charge in [-0.3, -0.25) is 4.68 Å². The fourth-order valence-electron chi connectivity index (χ4n) is 4.76. The van der Waals surface area contributed by atoms with Gasteiger partial charge in [0.1, 0.15) is 22.6 Å². The lowest BCUT2D eigenvalue weighted by Crippen LogP contribution is -2.39. The molecule has 10 heteroatoms. The number of halogens is 2. The Kier molecular flexibility index (Phi) is 5.74. The van der Waals surface area contributed by atoms with Gasteiger partial charge in [-0.05, 0) is 44.9 Å². The summed E-state index contributed by atoms with van der Waals surface area (Å²) in [5.74, 6) is -0.0559. The molecule has 36 heavy (non-hydrogen) atoms. The molecule has 8 nitrogen and oxygen atoms in total. The smallest absolute Gasteiger partial charge is 0.182 e. The van der Waals surface area contributed by atoms with E-state index in [-0.39, 0.29) is 11.7 Å². The molecule has 2 aliphatic rings. The van der Waals surface area contributed by atoms with Crippen LogP contribution in [0.25, 0.3) is 22.4 Å². The molecule has 2 atom stereocenters. The summed E-state index contributed by atoms with van der Waals surface area (Å²) in [7, 11) is 1.65. The number of rotatable bonds is 5. The number of benzene rings is 1. The third-order valence-corrected chi connectivity index (χ3v) is 7.42. The monoisotopic (exact) mass is 508 g/mol. The first-order chi connectivity index (χ1) is 17.4. The van der Waals surface area contributed by atoms with E-state index in [1.54, 1.807) is 19.2 Å². The van der Waals surface area contributed by atoms with Crippen LogP contribution in [0.1, 0.15) is 60.6 Å². The van der Waals surface area contributed by atoms with Gasteiger partial charge in [0, 0.05) is 42.3 Å². The van der Waals surface area contributed by atoms with E-state index < -0.39 is 11.4 Å². The quantitative estimate of drug-likeness (QED) is 0.355. The molecule has 0 bridgehead atoms. The van der Waals surface area contributed by atoms with E-state index in [2.05, 4.69) is 21.3 Å². The van der Waals surface area contributed by atoms with Crippen molar-refractivity contribution in [3.05, 3.63) is 64.2 Å². The van der Waals surface area contributed by atoms with Gasteiger partial charge in [0.2, 0.25) is 0 Å². The van der Waals surface area contributed by atoms with Gasteiger partial charge in [0.25, 0.3) is 0 Å². The minimum atomic E-state index is -0.850. The highest BCUT2D eigenvalue weighted by molar-refractivity contribution is 6.30. The summed E-state index contributed by atoms with van der Waals surface area (Å²) in [6, 6.07) is 5.00. The molecule has 1 saturated heterocycles. The average molecular weight is 509 g/mol. The fraction of sp³-hybridized carbons (Fsp3) is 0.423. The van der Waals surface area contributed by atoms with E-state index in [1.165, 1.54) is 6.07 Å². The van der Waals surface area contributed by atoms with E-state index in [4.69, 9.17) is 31.0 Å². The van der Waals surface area contributed by atoms with Crippen LogP contribution >= 0.6 is 11.6 Å². The topological polar surface area (TPSA) is 87.8 Å². The summed E-state index contributed by atoms with van der Waals surface area (Å²) in [6.07, 6.45) is 7.04. The van der Waals surface area contributed by atoms with Crippen molar-refractivity contribution in [3.8, 4) is 11.3 Å². The van der Waals surface area contributed by atoms with Gasteiger partial charge in [-0.15, -0.1) is 0 Å². The molecule has 0 unspecified atom stereocenters. The summed E-state index contributed by atoms with van der Waals surface area (Å²) in [6.45, 7) is 4.19. The Morgan fingerprint density at radius 3 is 2.69 bits per heavy atom. The lowest BCUT2D eigenvalue weighted by Gasteiger charge is -2.38. The minimum absolute atomic E-state index is 0.230. The second-order valence-corrected chi connectivity index (χ2v) is 10.0. The van der Waals surface area contributed by atoms with Crippen LogP contribution in [0, 0.1) is 19.7 Å². The highest BCUT2D eigenvalue weighted by Gasteiger charge is 2.43. The second-order valence-electron chi connectivity index (χ2n) is 9.58. The molecule has 4 aromatic rings. The zero-order valence-corrected chi connectivity index (χ0v) is 21.1. The molecule has 1 aliphatic heterocycles. The molecule has 0 spiro atoms. The normalized spacial score (nSPS) is 22.3. The molecule has 0 radical (unpaired) electrons. The first kappa shape index (κ1) is 23.4. The number of aryl methyl sites for hydroxylation is 2. The van der Waals surface area contributed by atoms with Gasteiger partial charge in [-0.2, -0.15) is 5.10 Å². The number of aromatic nitrogens is 6. The molecule has 1 aliphatic carbocycles. The predicted molar refractivity (Wildman–Crippen MR) is 132 cm³/mol. The highest BCUT2D eigenvalue weighted by Crippen LogP contribution is 2.44. The number of hydrogen-bond acceptors (Lipinski definition) is 7. The van der Waals surface area contributed by atoms with E-state index in [1.807, 2.05) is 24.7 Å². The van der Waals surface area contributed by atoms with Crippen molar-refractivity contribution in [2.75, 3.05) is 13.7 Å². The summed E-state index contributed by atoms with van der Waals surface area (Å²) >= 11 is 6.02. The Labute approximate surface area is 212 Å². The Morgan fingerprint density at radius 1 is 1.14 bits per heavy atom. The average Bonchev–Trinajstić information content (AvgIpc) is 3.60. The van der Waals surface area contributed by atoms with Crippen LogP contribution in [-0.2, 0) is 15.1 Å². The molecule has 4 heterocycles. The van der Waals surface area contributed by atoms with Crippen molar-refractivity contribution in [3.63, 3.8) is 0 Å². The summed E-state index contributed by atoms with van der Waals surface area (Å²) < 4.78 is 29.4. The lowest BCUT2D eigenvalue weighted by atomic mass is 9.87. The van der Waals surface area contributed by atoms with Gasteiger partial charge in [-0.25, -0.2) is 24.3 Å². The maximum absolute atomic E-state index is 15.1. The molecule has 3 aromatic heterocycles. The molecule has 2 fully saturated rings. The number of ether oxygens (including phenoxy) is 2. The van der Waals surface area contributed by atoms with Crippen LogP contribution in [0.3, 0.4) is 0 Å². The standard InChI is InChI=1S/C26H26ClFN6O2/c1-14-15(2)31-24-23(30-14)22(19-7-4-17(27)10-20(19)28)32-25(33-24)26(35-3)8-9-36-21(11-26)16-12-29-34(13-16)18-5-6-18/h4,7,10,12-13,18,21H,5-6,8-9,11H2,1-3H3/t21-,26-/m0/s1. The first-order valence-electron chi connectivity index (χ1n) is 12.1. The van der Waals surface area contributed by atoms with E-state index in [9.17, 15) is 0 Å². The maximum atomic E-state index is 15.1. The largest absolute Gasteiger partial charge is 0.373 e. The first-order valence-corrected chi connectivity index (χ1v) is 12.4. The van der Waals surface area contributed by atoms with Crippen molar-refractivity contribution in [2.45, 2.75) is 57.3 Å². The zero-order valence-electron chi connectivity index (χ0n) is 20.3. The third-order valence-electron chi connectivity index (χ3n) is 7.18. The van der Waals surface area contributed by atoms with Crippen molar-refractivity contribution in [1.29, 1.82) is 0 Å². The van der Waals surface area contributed by atoms with E-state index in [0.29, 0.717) is 53.2 Å². The molecular formula is C26H26ClFN6O2. The zero-order chi connectivity index (χ0) is 25.0. The van der Waals surface area contributed by atoms with E-state index in [0.717, 1.165) is 29.8 Å². The minimum Gasteiger partial charge on any atom is -0.373 e. The summed E-state index contributed by atoms with van der Waals surface area (Å²) in [5, 5.41) is 4.83. The number of methoxy groups -OCH3 is 1. The Bertz CT molecular complexity index is 1470. The molecular weight excluding hydrogens is 483 g/mol. The van der Waals surface area contributed by atoms with Gasteiger partial charge >= 0.3 is 0 Å². The SMILES string of the molecule is CO[C@@]1(c2nc(-c3ccc(Cl)cc3F)c3nc(C)c(C)nc3n2)CCO[C@H](c2cnn(C3CC3)c2)C1. The van der Waals surface area contributed by atoms with Crippen LogP contribution in [0.15, 0.2) is 30.6 Å². The third kappa shape index (κ3) is 4.05.